The second-order valence-electron chi connectivity index (χ2n) is 8.43. The summed E-state index contributed by atoms with van der Waals surface area (Å²) >= 11 is 0. The average molecular weight is 409 g/mol. The molecular weight excluding hydrogens is 382 g/mol. The third kappa shape index (κ3) is 4.03. The highest BCUT2D eigenvalue weighted by Gasteiger charge is 2.38. The molecule has 1 amide bonds. The van der Waals surface area contributed by atoms with Crippen molar-refractivity contribution >= 4 is 11.7 Å². The van der Waals surface area contributed by atoms with Crippen LogP contribution in [0.3, 0.4) is 0 Å². The standard InChI is InChI=1S/C22H27N5O3/c28-20-8-16(7-19(20)27-6-5-14-3-1-2-4-15(14)10-27)26-22(29)18-9-21(24-13-23-18)25-17-11-30-12-17/h1-4,9,13,16-17,19-20,28H,5-8,10-12H2,(H,26,29)(H,23,24,25)/t16?,19-,20-/m1/s1. The van der Waals surface area contributed by atoms with Crippen molar-refractivity contribution in [3.8, 4) is 0 Å². The van der Waals surface area contributed by atoms with E-state index in [2.05, 4.69) is 49.8 Å². The SMILES string of the molecule is O=C(NC1C[C@@H](O)[C@H](N2CCc3ccccc3C2)C1)c1cc(NC2COC2)ncn1. The molecule has 2 fully saturated rings. The molecule has 1 aliphatic carbocycles. The number of hydrogen-bond donors (Lipinski definition) is 3. The van der Waals surface area contributed by atoms with E-state index in [1.54, 1.807) is 6.07 Å². The summed E-state index contributed by atoms with van der Waals surface area (Å²) < 4.78 is 5.15. The van der Waals surface area contributed by atoms with Gasteiger partial charge in [0, 0.05) is 31.2 Å². The predicted octanol–water partition coefficient (Wildman–Crippen LogP) is 0.967. The first-order valence-corrected chi connectivity index (χ1v) is 10.6. The summed E-state index contributed by atoms with van der Waals surface area (Å²) in [5, 5.41) is 17.0. The lowest BCUT2D eigenvalue weighted by Gasteiger charge is -2.35. The minimum Gasteiger partial charge on any atom is -0.391 e. The Labute approximate surface area is 175 Å². The highest BCUT2D eigenvalue weighted by Crippen LogP contribution is 2.29. The van der Waals surface area contributed by atoms with Gasteiger partial charge in [0.2, 0.25) is 0 Å². The number of carbonyl (C=O) groups is 1. The fourth-order valence-corrected chi connectivity index (χ4v) is 4.65. The number of nitrogens with zero attached hydrogens (tertiary/aromatic N) is 3. The number of amides is 1. The molecule has 30 heavy (non-hydrogen) atoms. The van der Waals surface area contributed by atoms with E-state index in [1.807, 2.05) is 0 Å². The van der Waals surface area contributed by atoms with Gasteiger partial charge in [0.1, 0.15) is 17.8 Å². The molecule has 1 aromatic carbocycles. The molecule has 3 heterocycles. The zero-order valence-corrected chi connectivity index (χ0v) is 16.8. The van der Waals surface area contributed by atoms with Crippen molar-refractivity contribution in [3.05, 3.63) is 53.5 Å². The molecule has 0 spiro atoms. The maximum atomic E-state index is 12.7. The summed E-state index contributed by atoms with van der Waals surface area (Å²) in [5.74, 6) is 0.395. The Morgan fingerprint density at radius 2 is 1.97 bits per heavy atom. The summed E-state index contributed by atoms with van der Waals surface area (Å²) in [6.45, 7) is 3.08. The zero-order chi connectivity index (χ0) is 20.5. The Bertz CT molecular complexity index is 919. The minimum atomic E-state index is -0.443. The minimum absolute atomic E-state index is 0.0601. The topological polar surface area (TPSA) is 99.6 Å². The van der Waals surface area contributed by atoms with E-state index >= 15 is 0 Å². The molecule has 1 unspecified atom stereocenters. The van der Waals surface area contributed by atoms with Crippen molar-refractivity contribution in [2.75, 3.05) is 25.1 Å². The van der Waals surface area contributed by atoms with E-state index in [0.29, 0.717) is 31.1 Å². The number of aromatic nitrogens is 2. The van der Waals surface area contributed by atoms with E-state index in [1.165, 1.54) is 17.5 Å². The first-order chi connectivity index (χ1) is 14.7. The average Bonchev–Trinajstić information content (AvgIpc) is 3.10. The van der Waals surface area contributed by atoms with Crippen LogP contribution in [0.1, 0.15) is 34.5 Å². The van der Waals surface area contributed by atoms with Crippen LogP contribution in [0.5, 0.6) is 0 Å². The number of benzene rings is 1. The number of aliphatic hydroxyl groups is 1. The zero-order valence-electron chi connectivity index (χ0n) is 16.8. The normalized spacial score (nSPS) is 26.6. The van der Waals surface area contributed by atoms with Gasteiger partial charge < -0.3 is 20.5 Å². The maximum Gasteiger partial charge on any atom is 0.270 e. The number of aliphatic hydroxyl groups excluding tert-OH is 1. The van der Waals surface area contributed by atoms with Gasteiger partial charge in [0.25, 0.3) is 5.91 Å². The van der Waals surface area contributed by atoms with E-state index < -0.39 is 6.10 Å². The summed E-state index contributed by atoms with van der Waals surface area (Å²) in [7, 11) is 0. The number of rotatable bonds is 5. The molecule has 3 atom stereocenters. The van der Waals surface area contributed by atoms with Gasteiger partial charge in [-0.15, -0.1) is 0 Å². The maximum absolute atomic E-state index is 12.7. The fraction of sp³-hybridized carbons (Fsp3) is 0.500. The Kier molecular flexibility index (Phi) is 5.37. The monoisotopic (exact) mass is 409 g/mol. The van der Waals surface area contributed by atoms with Gasteiger partial charge in [0.05, 0.1) is 25.4 Å². The molecule has 3 N–H and O–H groups in total. The van der Waals surface area contributed by atoms with Crippen LogP contribution in [0, 0.1) is 0 Å². The molecule has 1 saturated carbocycles. The van der Waals surface area contributed by atoms with Crippen molar-refractivity contribution in [1.29, 1.82) is 0 Å². The second kappa shape index (κ2) is 8.29. The van der Waals surface area contributed by atoms with Gasteiger partial charge in [-0.3, -0.25) is 9.69 Å². The van der Waals surface area contributed by atoms with Crippen LogP contribution in [0.15, 0.2) is 36.7 Å². The lowest BCUT2D eigenvalue weighted by Crippen LogP contribution is -2.43. The highest BCUT2D eigenvalue weighted by molar-refractivity contribution is 5.93. The van der Waals surface area contributed by atoms with Gasteiger partial charge in [-0.2, -0.15) is 0 Å². The van der Waals surface area contributed by atoms with Crippen LogP contribution in [0.4, 0.5) is 5.82 Å². The molecule has 8 nitrogen and oxygen atoms in total. The van der Waals surface area contributed by atoms with Crippen LogP contribution in [-0.4, -0.2) is 69.9 Å². The molecule has 8 heteroatoms. The summed E-state index contributed by atoms with van der Waals surface area (Å²) in [6, 6.07) is 10.4. The smallest absolute Gasteiger partial charge is 0.270 e. The molecule has 0 radical (unpaired) electrons. The molecule has 0 bridgehead atoms. The molecule has 3 aliphatic rings. The first kappa shape index (κ1) is 19.4. The van der Waals surface area contributed by atoms with Crippen molar-refractivity contribution < 1.29 is 14.6 Å². The molecule has 1 saturated heterocycles. The summed E-state index contributed by atoms with van der Waals surface area (Å²) in [5.41, 5.74) is 3.06. The summed E-state index contributed by atoms with van der Waals surface area (Å²) in [6.07, 6.45) is 3.25. The Balaban J connectivity index is 1.19. The lowest BCUT2D eigenvalue weighted by molar-refractivity contribution is 0.0209. The van der Waals surface area contributed by atoms with Gasteiger partial charge in [-0.1, -0.05) is 24.3 Å². The highest BCUT2D eigenvalue weighted by atomic mass is 16.5. The third-order valence-electron chi connectivity index (χ3n) is 6.35. The molecular formula is C22H27N5O3. The third-order valence-corrected chi connectivity index (χ3v) is 6.35. The van der Waals surface area contributed by atoms with E-state index in [4.69, 9.17) is 4.74 Å². The number of anilines is 1. The van der Waals surface area contributed by atoms with Crippen molar-refractivity contribution in [2.24, 2.45) is 0 Å². The van der Waals surface area contributed by atoms with Gasteiger partial charge in [0.15, 0.2) is 0 Å². The molecule has 1 aromatic heterocycles. The second-order valence-corrected chi connectivity index (χ2v) is 8.43. The number of carbonyl (C=O) groups excluding carboxylic acids is 1. The first-order valence-electron chi connectivity index (χ1n) is 10.6. The van der Waals surface area contributed by atoms with Crippen molar-refractivity contribution in [1.82, 2.24) is 20.2 Å². The van der Waals surface area contributed by atoms with Crippen LogP contribution < -0.4 is 10.6 Å². The Hall–Kier alpha value is -2.55. The van der Waals surface area contributed by atoms with E-state index in [-0.39, 0.29) is 24.0 Å². The Morgan fingerprint density at radius 3 is 2.77 bits per heavy atom. The van der Waals surface area contributed by atoms with Gasteiger partial charge in [-0.05, 0) is 30.4 Å². The Morgan fingerprint density at radius 1 is 1.13 bits per heavy atom. The largest absolute Gasteiger partial charge is 0.391 e. The quantitative estimate of drug-likeness (QED) is 0.677. The number of nitrogens with one attached hydrogen (secondary N) is 2. The van der Waals surface area contributed by atoms with E-state index in [9.17, 15) is 9.90 Å². The fourth-order valence-electron chi connectivity index (χ4n) is 4.65. The van der Waals surface area contributed by atoms with E-state index in [0.717, 1.165) is 25.9 Å². The van der Waals surface area contributed by atoms with Crippen molar-refractivity contribution in [3.63, 3.8) is 0 Å². The molecule has 2 aromatic rings. The predicted molar refractivity (Wildman–Crippen MR) is 111 cm³/mol. The number of hydrogen-bond acceptors (Lipinski definition) is 7. The molecule has 158 valence electrons. The molecule has 2 aliphatic heterocycles. The van der Waals surface area contributed by atoms with Crippen LogP contribution in [0.2, 0.25) is 0 Å². The molecule has 5 rings (SSSR count). The van der Waals surface area contributed by atoms with Gasteiger partial charge in [-0.25, -0.2) is 9.97 Å². The lowest BCUT2D eigenvalue weighted by atomic mass is 9.98. The number of fused-ring (bicyclic) bond motifs is 1. The van der Waals surface area contributed by atoms with Crippen LogP contribution in [-0.2, 0) is 17.7 Å². The van der Waals surface area contributed by atoms with Gasteiger partial charge >= 0.3 is 0 Å². The summed E-state index contributed by atoms with van der Waals surface area (Å²) in [4.78, 5) is 23.4. The number of ether oxygens (including phenoxy) is 1. The van der Waals surface area contributed by atoms with Crippen LogP contribution in [0.25, 0.3) is 0 Å². The van der Waals surface area contributed by atoms with Crippen LogP contribution >= 0.6 is 0 Å². The van der Waals surface area contributed by atoms with Crippen molar-refractivity contribution in [2.45, 2.75) is 50.0 Å².